The summed E-state index contributed by atoms with van der Waals surface area (Å²) in [4.78, 5) is 11.5. The van der Waals surface area contributed by atoms with Gasteiger partial charge in [-0.05, 0) is 64.8 Å². The topological polar surface area (TPSA) is 78.8 Å². The van der Waals surface area contributed by atoms with Gasteiger partial charge in [-0.3, -0.25) is 4.90 Å². The molecule has 2 aromatic heterocycles. The fourth-order valence-electron chi connectivity index (χ4n) is 3.29. The molecule has 1 aliphatic rings. The molecule has 2 aromatic rings. The Morgan fingerprint density at radius 3 is 2.68 bits per heavy atom. The number of nitrogens with zero attached hydrogens (tertiary/aromatic N) is 3. The van der Waals surface area contributed by atoms with E-state index in [-0.39, 0.29) is 24.0 Å². The normalized spacial score (nSPS) is 16.0. The second kappa shape index (κ2) is 11.5. The van der Waals surface area contributed by atoms with Gasteiger partial charge in [-0.25, -0.2) is 9.98 Å². The van der Waals surface area contributed by atoms with E-state index >= 15 is 0 Å². The maximum Gasteiger partial charge on any atom is 0.208 e. The standard InChI is InChI=1S/C20H31N5O2.HI/c1-4-21-20(23-13-18-6-5-11-26-18)22-12-17-7-9-25(10-8-17)14-19-24-15(2)16(3)27-19;/h5-6,11,17H,4,7-10,12-14H2,1-3H3,(H2,21,22,23);1H. The smallest absolute Gasteiger partial charge is 0.208 e. The van der Waals surface area contributed by atoms with Crippen LogP contribution in [0.4, 0.5) is 0 Å². The summed E-state index contributed by atoms with van der Waals surface area (Å²) in [6.07, 6.45) is 4.02. The van der Waals surface area contributed by atoms with Crippen LogP contribution in [0.15, 0.2) is 32.2 Å². The van der Waals surface area contributed by atoms with E-state index in [4.69, 9.17) is 8.83 Å². The minimum absolute atomic E-state index is 0. The van der Waals surface area contributed by atoms with E-state index in [2.05, 4.69) is 32.4 Å². The Labute approximate surface area is 184 Å². The molecular weight excluding hydrogens is 469 g/mol. The van der Waals surface area contributed by atoms with Crippen molar-refractivity contribution in [2.24, 2.45) is 10.9 Å². The zero-order valence-corrected chi connectivity index (χ0v) is 19.4. The van der Waals surface area contributed by atoms with Crippen molar-refractivity contribution in [3.8, 4) is 0 Å². The van der Waals surface area contributed by atoms with Crippen LogP contribution in [-0.4, -0.2) is 42.0 Å². The van der Waals surface area contributed by atoms with Gasteiger partial charge in [0.05, 0.1) is 18.5 Å². The Morgan fingerprint density at radius 1 is 1.29 bits per heavy atom. The third-order valence-electron chi connectivity index (χ3n) is 5.01. The van der Waals surface area contributed by atoms with Crippen molar-refractivity contribution in [1.82, 2.24) is 20.5 Å². The number of guanidine groups is 1. The molecule has 3 heterocycles. The molecule has 0 spiro atoms. The lowest BCUT2D eigenvalue weighted by atomic mass is 9.97. The van der Waals surface area contributed by atoms with Crippen LogP contribution >= 0.6 is 24.0 Å². The molecule has 0 radical (unpaired) electrons. The van der Waals surface area contributed by atoms with Gasteiger partial charge in [0.25, 0.3) is 0 Å². The number of oxazole rings is 1. The van der Waals surface area contributed by atoms with Crippen molar-refractivity contribution in [3.05, 3.63) is 41.5 Å². The maximum atomic E-state index is 5.71. The zero-order valence-electron chi connectivity index (χ0n) is 17.0. The molecule has 3 rings (SSSR count). The van der Waals surface area contributed by atoms with Gasteiger partial charge in [0.1, 0.15) is 18.1 Å². The molecule has 156 valence electrons. The van der Waals surface area contributed by atoms with E-state index in [0.29, 0.717) is 12.5 Å². The van der Waals surface area contributed by atoms with E-state index in [9.17, 15) is 0 Å². The third kappa shape index (κ3) is 6.80. The van der Waals surface area contributed by atoms with Crippen LogP contribution in [0.2, 0.25) is 0 Å². The molecule has 1 saturated heterocycles. The van der Waals surface area contributed by atoms with E-state index < -0.39 is 0 Å². The Morgan fingerprint density at radius 2 is 2.07 bits per heavy atom. The van der Waals surface area contributed by atoms with Gasteiger partial charge < -0.3 is 19.5 Å². The van der Waals surface area contributed by atoms with E-state index in [1.54, 1.807) is 6.26 Å². The number of rotatable bonds is 7. The summed E-state index contributed by atoms with van der Waals surface area (Å²) < 4.78 is 11.1. The van der Waals surface area contributed by atoms with Crippen molar-refractivity contribution < 1.29 is 8.83 Å². The van der Waals surface area contributed by atoms with Crippen LogP contribution in [0.25, 0.3) is 0 Å². The summed E-state index contributed by atoms with van der Waals surface area (Å²) in [5.74, 6) is 4.14. The number of halogens is 1. The highest BCUT2D eigenvalue weighted by Crippen LogP contribution is 2.19. The first-order chi connectivity index (χ1) is 13.1. The molecule has 0 aromatic carbocycles. The molecule has 0 bridgehead atoms. The molecule has 2 N–H and O–H groups in total. The summed E-state index contributed by atoms with van der Waals surface area (Å²) in [5, 5.41) is 6.78. The number of piperidine rings is 1. The fourth-order valence-corrected chi connectivity index (χ4v) is 3.29. The second-order valence-corrected chi connectivity index (χ2v) is 7.12. The summed E-state index contributed by atoms with van der Waals surface area (Å²) in [7, 11) is 0. The predicted molar refractivity (Wildman–Crippen MR) is 121 cm³/mol. The highest BCUT2D eigenvalue weighted by molar-refractivity contribution is 14.0. The lowest BCUT2D eigenvalue weighted by molar-refractivity contribution is 0.164. The molecule has 7 nitrogen and oxygen atoms in total. The molecular formula is C20H32IN5O2. The Bertz CT molecular complexity index is 702. The molecule has 8 heteroatoms. The maximum absolute atomic E-state index is 5.71. The number of aromatic nitrogens is 1. The fraction of sp³-hybridized carbons (Fsp3) is 0.600. The molecule has 0 aliphatic carbocycles. The van der Waals surface area contributed by atoms with Gasteiger partial charge in [-0.15, -0.1) is 24.0 Å². The lowest BCUT2D eigenvalue weighted by Gasteiger charge is -2.31. The van der Waals surface area contributed by atoms with Gasteiger partial charge in [0.15, 0.2) is 5.96 Å². The minimum atomic E-state index is 0. The lowest BCUT2D eigenvalue weighted by Crippen LogP contribution is -2.42. The number of nitrogens with one attached hydrogen (secondary N) is 2. The molecule has 1 aliphatic heterocycles. The van der Waals surface area contributed by atoms with Crippen LogP contribution in [-0.2, 0) is 13.1 Å². The predicted octanol–water partition coefficient (Wildman–Crippen LogP) is 3.47. The monoisotopic (exact) mass is 501 g/mol. The molecule has 0 atom stereocenters. The Balaban J connectivity index is 0.00000280. The first-order valence-electron chi connectivity index (χ1n) is 9.84. The minimum Gasteiger partial charge on any atom is -0.467 e. The Hall–Kier alpha value is -1.55. The van der Waals surface area contributed by atoms with Crippen molar-refractivity contribution in [2.45, 2.75) is 46.7 Å². The van der Waals surface area contributed by atoms with Gasteiger partial charge in [0, 0.05) is 13.1 Å². The van der Waals surface area contributed by atoms with E-state index in [1.807, 2.05) is 26.0 Å². The van der Waals surface area contributed by atoms with Crippen LogP contribution in [0.1, 0.15) is 42.9 Å². The quantitative estimate of drug-likeness (QED) is 0.344. The largest absolute Gasteiger partial charge is 0.467 e. The van der Waals surface area contributed by atoms with Crippen molar-refractivity contribution >= 4 is 29.9 Å². The van der Waals surface area contributed by atoms with Crippen molar-refractivity contribution in [2.75, 3.05) is 26.2 Å². The molecule has 28 heavy (non-hydrogen) atoms. The molecule has 0 saturated carbocycles. The number of aliphatic imine (C=N–C) groups is 1. The summed E-state index contributed by atoms with van der Waals surface area (Å²) in [6.45, 7) is 11.3. The summed E-state index contributed by atoms with van der Waals surface area (Å²) in [6, 6.07) is 3.83. The first-order valence-corrected chi connectivity index (χ1v) is 9.84. The van der Waals surface area contributed by atoms with Crippen LogP contribution in [0, 0.1) is 19.8 Å². The van der Waals surface area contributed by atoms with Gasteiger partial charge >= 0.3 is 0 Å². The van der Waals surface area contributed by atoms with E-state index in [0.717, 1.165) is 61.8 Å². The van der Waals surface area contributed by atoms with Gasteiger partial charge in [-0.1, -0.05) is 0 Å². The van der Waals surface area contributed by atoms with Crippen LogP contribution < -0.4 is 10.6 Å². The number of hydrogen-bond donors (Lipinski definition) is 2. The SMILES string of the molecule is CCNC(=NCc1ccco1)NCC1CCN(Cc2nc(C)c(C)o2)CC1.I. The van der Waals surface area contributed by atoms with E-state index in [1.165, 1.54) is 12.8 Å². The Kier molecular flexibility index (Phi) is 9.30. The number of aryl methyl sites for hydroxylation is 2. The number of hydrogen-bond acceptors (Lipinski definition) is 5. The number of furan rings is 1. The first kappa shape index (κ1) is 22.7. The molecule has 0 amide bonds. The van der Waals surface area contributed by atoms with Gasteiger partial charge in [0.2, 0.25) is 5.89 Å². The van der Waals surface area contributed by atoms with Crippen LogP contribution in [0.5, 0.6) is 0 Å². The second-order valence-electron chi connectivity index (χ2n) is 7.12. The molecule has 1 fully saturated rings. The molecule has 0 unspecified atom stereocenters. The number of likely N-dealkylation sites (tertiary alicyclic amines) is 1. The highest BCUT2D eigenvalue weighted by atomic mass is 127. The van der Waals surface area contributed by atoms with Crippen LogP contribution in [0.3, 0.4) is 0 Å². The third-order valence-corrected chi connectivity index (χ3v) is 5.01. The average molecular weight is 501 g/mol. The average Bonchev–Trinajstić information content (AvgIpc) is 3.29. The zero-order chi connectivity index (χ0) is 19.1. The summed E-state index contributed by atoms with van der Waals surface area (Å²) >= 11 is 0. The van der Waals surface area contributed by atoms with Crippen molar-refractivity contribution in [3.63, 3.8) is 0 Å². The van der Waals surface area contributed by atoms with Gasteiger partial charge in [-0.2, -0.15) is 0 Å². The van der Waals surface area contributed by atoms with Crippen molar-refractivity contribution in [1.29, 1.82) is 0 Å². The summed E-state index contributed by atoms with van der Waals surface area (Å²) in [5.41, 5.74) is 0.994. The highest BCUT2D eigenvalue weighted by Gasteiger charge is 2.21.